The van der Waals surface area contributed by atoms with Crippen LogP contribution in [0.15, 0.2) is 85.1 Å². The maximum atomic E-state index is 12.6. The maximum absolute atomic E-state index is 12.6. The Hall–Kier alpha value is -3.38. The van der Waals surface area contributed by atoms with E-state index < -0.39 is 63.8 Å². The van der Waals surface area contributed by atoms with Gasteiger partial charge in [-0.3, -0.25) is 23.4 Å². The molecule has 0 aliphatic carbocycles. The molecular formula is C42H68NO11P. The number of ether oxygens (including phenoxy) is 2. The van der Waals surface area contributed by atoms with Crippen molar-refractivity contribution in [3.05, 3.63) is 85.1 Å². The smallest absolute Gasteiger partial charge is 0.472 e. The molecule has 55 heavy (non-hydrogen) atoms. The molecule has 0 aliphatic heterocycles. The van der Waals surface area contributed by atoms with E-state index in [9.17, 15) is 28.9 Å². The van der Waals surface area contributed by atoms with E-state index in [0.717, 1.165) is 70.6 Å². The standard InChI is InChI=1S/C42H68NO11P/c1-3-5-7-9-11-13-15-16-17-18-19-21-22-24-26-28-30-37(44)32-33-41(46)54-38(35-52-55(49,50)53-36-39(43)42(47)48)34-51-40(45)31-29-27-25-23-20-14-12-10-8-6-4-2/h5,7,10-13,16-17,19,21,24,26,28,30,37-39,44H,3-4,6,8-9,14-15,18,20,22-23,25,27,29,31-36,43H2,1-2H3,(H,47,48)(H,49,50)/b7-5-,12-10-,13-11-,17-16-,21-19-,26-24-,30-28-/t37?,38-,39+/m1/s1. The second-order valence-corrected chi connectivity index (χ2v) is 14.3. The first-order valence-electron chi connectivity index (χ1n) is 19.7. The van der Waals surface area contributed by atoms with Crippen molar-refractivity contribution < 1.29 is 52.6 Å². The molecule has 0 aromatic rings. The Kier molecular flexibility index (Phi) is 34.0. The SMILES string of the molecule is CC/C=C\C/C=C\C/C=C\C/C=C\C/C=C\C=C/C(O)CCC(=O)O[C@H](COC(=O)CCCCCCC/C=C\CCCC)COP(=O)(O)OC[C@H](N)C(=O)O. The van der Waals surface area contributed by atoms with Crippen molar-refractivity contribution in [3.63, 3.8) is 0 Å². The fourth-order valence-electron chi connectivity index (χ4n) is 4.56. The van der Waals surface area contributed by atoms with Crippen LogP contribution in [0.25, 0.3) is 0 Å². The van der Waals surface area contributed by atoms with Crippen LogP contribution in [0.3, 0.4) is 0 Å². The van der Waals surface area contributed by atoms with E-state index in [1.54, 1.807) is 12.2 Å². The van der Waals surface area contributed by atoms with Gasteiger partial charge in [0.1, 0.15) is 12.6 Å². The molecule has 0 aliphatic rings. The molecule has 0 spiro atoms. The molecule has 0 heterocycles. The highest BCUT2D eigenvalue weighted by Crippen LogP contribution is 2.43. The average Bonchev–Trinajstić information content (AvgIpc) is 3.16. The van der Waals surface area contributed by atoms with E-state index in [2.05, 4.69) is 73.1 Å². The number of phosphoric ester groups is 1. The van der Waals surface area contributed by atoms with Gasteiger partial charge in [-0.1, -0.05) is 131 Å². The lowest BCUT2D eigenvalue weighted by Gasteiger charge is -2.20. The van der Waals surface area contributed by atoms with Crippen molar-refractivity contribution >= 4 is 25.7 Å². The van der Waals surface area contributed by atoms with Crippen LogP contribution in [0, 0.1) is 0 Å². The third kappa shape index (κ3) is 36.0. The van der Waals surface area contributed by atoms with Gasteiger partial charge in [0.15, 0.2) is 6.10 Å². The number of hydrogen-bond donors (Lipinski definition) is 4. The van der Waals surface area contributed by atoms with E-state index in [-0.39, 0.29) is 19.3 Å². The quantitative estimate of drug-likeness (QED) is 0.0157. The third-order valence-corrected chi connectivity index (χ3v) is 8.70. The van der Waals surface area contributed by atoms with Gasteiger partial charge < -0.3 is 30.3 Å². The lowest BCUT2D eigenvalue weighted by Crippen LogP contribution is -2.34. The Morgan fingerprint density at radius 2 is 1.24 bits per heavy atom. The Labute approximate surface area is 329 Å². The Balaban J connectivity index is 4.70. The molecule has 0 amide bonds. The van der Waals surface area contributed by atoms with Crippen LogP contribution < -0.4 is 5.73 Å². The topological polar surface area (TPSA) is 192 Å². The summed E-state index contributed by atoms with van der Waals surface area (Å²) in [4.78, 5) is 45.8. The van der Waals surface area contributed by atoms with Crippen LogP contribution >= 0.6 is 7.82 Å². The zero-order valence-corrected chi connectivity index (χ0v) is 34.0. The Bertz CT molecular complexity index is 1270. The normalized spacial score (nSPS) is 15.3. The van der Waals surface area contributed by atoms with Crippen LogP contribution in [-0.2, 0) is 37.5 Å². The predicted octanol–water partition coefficient (Wildman–Crippen LogP) is 8.91. The van der Waals surface area contributed by atoms with Gasteiger partial charge >= 0.3 is 25.7 Å². The first-order valence-corrected chi connectivity index (χ1v) is 21.2. The summed E-state index contributed by atoms with van der Waals surface area (Å²) in [7, 11) is -4.79. The largest absolute Gasteiger partial charge is 0.480 e. The molecule has 0 saturated heterocycles. The summed E-state index contributed by atoms with van der Waals surface area (Å²) in [6.45, 7) is 2.35. The molecule has 0 radical (unpaired) electrons. The maximum Gasteiger partial charge on any atom is 0.472 e. The number of esters is 2. The summed E-state index contributed by atoms with van der Waals surface area (Å²) in [6.07, 6.45) is 39.9. The first kappa shape index (κ1) is 51.6. The van der Waals surface area contributed by atoms with Crippen LogP contribution in [0.5, 0.6) is 0 Å². The van der Waals surface area contributed by atoms with Crippen LogP contribution in [-0.4, -0.2) is 71.1 Å². The van der Waals surface area contributed by atoms with E-state index in [4.69, 9.17) is 24.8 Å². The summed E-state index contributed by atoms with van der Waals surface area (Å²) in [6, 6.07) is -1.56. The highest BCUT2D eigenvalue weighted by Gasteiger charge is 2.28. The molecule has 0 rings (SSSR count). The van der Waals surface area contributed by atoms with Crippen LogP contribution in [0.4, 0.5) is 0 Å². The minimum atomic E-state index is -4.79. The molecule has 0 aromatic heterocycles. The van der Waals surface area contributed by atoms with Gasteiger partial charge in [-0.2, -0.15) is 0 Å². The minimum absolute atomic E-state index is 0.0389. The number of nitrogens with two attached hydrogens (primary N) is 1. The Morgan fingerprint density at radius 1 is 0.673 bits per heavy atom. The Morgan fingerprint density at radius 3 is 1.85 bits per heavy atom. The summed E-state index contributed by atoms with van der Waals surface area (Å²) < 4.78 is 32.4. The minimum Gasteiger partial charge on any atom is -0.480 e. The summed E-state index contributed by atoms with van der Waals surface area (Å²) in [5.41, 5.74) is 5.30. The second-order valence-electron chi connectivity index (χ2n) is 12.9. The molecule has 0 fully saturated rings. The zero-order chi connectivity index (χ0) is 40.8. The van der Waals surface area contributed by atoms with Gasteiger partial charge in [0.05, 0.1) is 19.3 Å². The second kappa shape index (κ2) is 36.3. The molecular weight excluding hydrogens is 725 g/mol. The highest BCUT2D eigenvalue weighted by molar-refractivity contribution is 7.47. The summed E-state index contributed by atoms with van der Waals surface area (Å²) >= 11 is 0. The number of unbranched alkanes of at least 4 members (excludes halogenated alkanes) is 7. The van der Waals surface area contributed by atoms with Crippen LogP contribution in [0.2, 0.25) is 0 Å². The zero-order valence-electron chi connectivity index (χ0n) is 33.1. The van der Waals surface area contributed by atoms with Crippen LogP contribution in [0.1, 0.15) is 123 Å². The molecule has 0 aromatic carbocycles. The molecule has 0 saturated carbocycles. The number of carboxylic acid groups (broad SMARTS) is 1. The van der Waals surface area contributed by atoms with Gasteiger partial charge in [-0.25, -0.2) is 4.57 Å². The van der Waals surface area contributed by atoms with Crippen molar-refractivity contribution in [1.29, 1.82) is 0 Å². The first-order chi connectivity index (χ1) is 26.5. The van der Waals surface area contributed by atoms with Crippen molar-refractivity contribution in [3.8, 4) is 0 Å². The fourth-order valence-corrected chi connectivity index (χ4v) is 5.34. The summed E-state index contributed by atoms with van der Waals surface area (Å²) in [5, 5.41) is 19.1. The molecule has 12 nitrogen and oxygen atoms in total. The van der Waals surface area contributed by atoms with Gasteiger partial charge in [0.25, 0.3) is 0 Å². The molecule has 0 bridgehead atoms. The monoisotopic (exact) mass is 793 g/mol. The number of phosphoric acid groups is 1. The third-order valence-electron chi connectivity index (χ3n) is 7.74. The number of rotatable bonds is 35. The van der Waals surface area contributed by atoms with E-state index in [1.807, 2.05) is 12.2 Å². The van der Waals surface area contributed by atoms with Gasteiger partial charge in [-0.05, 0) is 64.2 Å². The number of aliphatic hydroxyl groups is 1. The lowest BCUT2D eigenvalue weighted by molar-refractivity contribution is -0.161. The predicted molar refractivity (Wildman–Crippen MR) is 218 cm³/mol. The van der Waals surface area contributed by atoms with E-state index >= 15 is 0 Å². The number of allylic oxidation sites excluding steroid dienone is 13. The summed E-state index contributed by atoms with van der Waals surface area (Å²) in [5.74, 6) is -2.72. The van der Waals surface area contributed by atoms with Crippen molar-refractivity contribution in [1.82, 2.24) is 0 Å². The van der Waals surface area contributed by atoms with Gasteiger partial charge in [0.2, 0.25) is 0 Å². The molecule has 2 unspecified atom stereocenters. The number of carbonyl (C=O) groups excluding carboxylic acids is 2. The average molecular weight is 794 g/mol. The molecule has 5 N–H and O–H groups in total. The van der Waals surface area contributed by atoms with E-state index in [0.29, 0.717) is 6.42 Å². The van der Waals surface area contributed by atoms with Crippen molar-refractivity contribution in [2.45, 2.75) is 141 Å². The highest BCUT2D eigenvalue weighted by atomic mass is 31.2. The van der Waals surface area contributed by atoms with Crippen molar-refractivity contribution in [2.75, 3.05) is 19.8 Å². The molecule has 4 atom stereocenters. The number of aliphatic hydroxyl groups excluding tert-OH is 1. The van der Waals surface area contributed by atoms with Gasteiger partial charge in [-0.15, -0.1) is 0 Å². The molecule has 312 valence electrons. The van der Waals surface area contributed by atoms with E-state index in [1.165, 1.54) is 18.9 Å². The van der Waals surface area contributed by atoms with Crippen molar-refractivity contribution in [2.24, 2.45) is 5.73 Å². The molecule has 13 heteroatoms. The number of carboxylic acids is 1. The number of hydrogen-bond acceptors (Lipinski definition) is 10. The lowest BCUT2D eigenvalue weighted by atomic mass is 10.1. The number of carbonyl (C=O) groups is 3. The fraction of sp³-hybridized carbons (Fsp3) is 0.595. The number of aliphatic carboxylic acids is 1. The van der Waals surface area contributed by atoms with Gasteiger partial charge in [0, 0.05) is 12.8 Å².